The van der Waals surface area contributed by atoms with Gasteiger partial charge in [-0.3, -0.25) is 4.79 Å². The number of methoxy groups -OCH3 is 2. The smallest absolute Gasteiger partial charge is 0.349 e. The van der Waals surface area contributed by atoms with E-state index >= 15 is 0 Å². The normalized spacial score (nSPS) is 14.8. The summed E-state index contributed by atoms with van der Waals surface area (Å²) in [6.45, 7) is 3.28. The molecule has 9 nitrogen and oxygen atoms in total. The van der Waals surface area contributed by atoms with Gasteiger partial charge in [-0.05, 0) is 37.6 Å². The Hall–Kier alpha value is -3.92. The third-order valence-corrected chi connectivity index (χ3v) is 5.58. The fraction of sp³-hybridized carbons (Fsp3) is 0.182. The molecule has 0 bridgehead atoms. The van der Waals surface area contributed by atoms with Gasteiger partial charge < -0.3 is 19.0 Å². The second kappa shape index (κ2) is 8.31. The van der Waals surface area contributed by atoms with Crippen molar-refractivity contribution in [2.45, 2.75) is 13.8 Å². The molecule has 1 aliphatic rings. The molecule has 0 radical (unpaired) electrons. The standard InChI is InChI=1S/C22H19N3O6S/c1-11-7-16(26)19(21(28)31-11)15-10-32-22(23-15)25-20(27)14(12(2)24-25)8-13-5-6-17(29-3)18(9-13)30-4/h5-10,26H,1-4H3/b14-8-. The number of carbonyl (C=O) groups is 1. The summed E-state index contributed by atoms with van der Waals surface area (Å²) in [7, 11) is 3.09. The van der Waals surface area contributed by atoms with Crippen LogP contribution in [0, 0.1) is 6.92 Å². The molecular formula is C22H19N3O6S. The van der Waals surface area contributed by atoms with Gasteiger partial charge in [0, 0.05) is 11.4 Å². The Morgan fingerprint density at radius 3 is 2.56 bits per heavy atom. The van der Waals surface area contributed by atoms with Crippen LogP contribution in [0.5, 0.6) is 17.2 Å². The van der Waals surface area contributed by atoms with E-state index in [1.54, 1.807) is 50.6 Å². The maximum atomic E-state index is 13.0. The van der Waals surface area contributed by atoms with Gasteiger partial charge in [-0.1, -0.05) is 6.07 Å². The summed E-state index contributed by atoms with van der Waals surface area (Å²) in [5, 5.41) is 17.5. The van der Waals surface area contributed by atoms with Gasteiger partial charge in [-0.2, -0.15) is 10.1 Å². The summed E-state index contributed by atoms with van der Waals surface area (Å²) in [6.07, 6.45) is 1.71. The van der Waals surface area contributed by atoms with Crippen molar-refractivity contribution in [1.29, 1.82) is 0 Å². The molecule has 1 N–H and O–H groups in total. The third kappa shape index (κ3) is 3.76. The van der Waals surface area contributed by atoms with E-state index in [4.69, 9.17) is 13.9 Å². The summed E-state index contributed by atoms with van der Waals surface area (Å²) < 4.78 is 15.6. The van der Waals surface area contributed by atoms with Crippen LogP contribution < -0.4 is 20.1 Å². The number of thiazole rings is 1. The molecule has 1 aromatic carbocycles. The highest BCUT2D eigenvalue weighted by molar-refractivity contribution is 7.14. The fourth-order valence-electron chi connectivity index (χ4n) is 3.23. The van der Waals surface area contributed by atoms with Crippen molar-refractivity contribution < 1.29 is 23.8 Å². The minimum absolute atomic E-state index is 0.0634. The minimum Gasteiger partial charge on any atom is -0.507 e. The Bertz CT molecular complexity index is 1340. The van der Waals surface area contributed by atoms with Gasteiger partial charge in [0.25, 0.3) is 5.91 Å². The number of hydrogen-bond donors (Lipinski definition) is 1. The molecule has 3 heterocycles. The zero-order valence-electron chi connectivity index (χ0n) is 17.7. The molecule has 0 saturated carbocycles. The molecule has 164 valence electrons. The number of hydrogen-bond acceptors (Lipinski definition) is 9. The van der Waals surface area contributed by atoms with Gasteiger partial charge in [-0.15, -0.1) is 11.3 Å². The number of hydrazone groups is 1. The number of ether oxygens (including phenoxy) is 2. The average molecular weight is 453 g/mol. The predicted octanol–water partition coefficient (Wildman–Crippen LogP) is 3.60. The largest absolute Gasteiger partial charge is 0.507 e. The molecule has 0 spiro atoms. The molecule has 0 aliphatic carbocycles. The molecular weight excluding hydrogens is 434 g/mol. The predicted molar refractivity (Wildman–Crippen MR) is 121 cm³/mol. The van der Waals surface area contributed by atoms with E-state index in [2.05, 4.69) is 10.1 Å². The van der Waals surface area contributed by atoms with Gasteiger partial charge >= 0.3 is 5.63 Å². The molecule has 0 saturated heterocycles. The minimum atomic E-state index is -0.708. The lowest BCUT2D eigenvalue weighted by atomic mass is 10.1. The molecule has 0 unspecified atom stereocenters. The third-order valence-electron chi connectivity index (χ3n) is 4.76. The Kier molecular flexibility index (Phi) is 5.54. The maximum Gasteiger partial charge on any atom is 0.349 e. The van der Waals surface area contributed by atoms with Crippen molar-refractivity contribution in [3.05, 3.63) is 57.0 Å². The monoisotopic (exact) mass is 453 g/mol. The van der Waals surface area contributed by atoms with Crippen molar-refractivity contribution in [2.75, 3.05) is 19.2 Å². The highest BCUT2D eigenvalue weighted by Crippen LogP contribution is 2.34. The Morgan fingerprint density at radius 1 is 1.12 bits per heavy atom. The first-order valence-corrected chi connectivity index (χ1v) is 10.3. The number of nitrogens with zero attached hydrogens (tertiary/aromatic N) is 3. The zero-order valence-corrected chi connectivity index (χ0v) is 18.5. The maximum absolute atomic E-state index is 13.0. The Balaban J connectivity index is 1.66. The van der Waals surface area contributed by atoms with Crippen molar-refractivity contribution in [2.24, 2.45) is 5.10 Å². The van der Waals surface area contributed by atoms with Gasteiger partial charge in [0.2, 0.25) is 5.13 Å². The fourth-order valence-corrected chi connectivity index (χ4v) is 3.99. The Labute approximate surface area is 186 Å². The molecule has 4 rings (SSSR count). The van der Waals surface area contributed by atoms with E-state index in [-0.39, 0.29) is 33.8 Å². The number of amides is 1. The lowest BCUT2D eigenvalue weighted by Gasteiger charge is -2.09. The van der Waals surface area contributed by atoms with Gasteiger partial charge in [0.15, 0.2) is 11.5 Å². The van der Waals surface area contributed by atoms with Crippen molar-refractivity contribution in [1.82, 2.24) is 4.98 Å². The number of aryl methyl sites for hydroxylation is 1. The van der Waals surface area contributed by atoms with Gasteiger partial charge in [0.1, 0.15) is 17.1 Å². The Morgan fingerprint density at radius 2 is 1.88 bits per heavy atom. The van der Waals surface area contributed by atoms with Crippen molar-refractivity contribution >= 4 is 34.2 Å². The van der Waals surface area contributed by atoms with E-state index < -0.39 is 5.63 Å². The highest BCUT2D eigenvalue weighted by Gasteiger charge is 2.31. The number of anilines is 1. The average Bonchev–Trinajstić information content (AvgIpc) is 3.33. The molecule has 32 heavy (non-hydrogen) atoms. The van der Waals surface area contributed by atoms with Crippen molar-refractivity contribution in [3.63, 3.8) is 0 Å². The lowest BCUT2D eigenvalue weighted by molar-refractivity contribution is -0.114. The molecule has 0 atom stereocenters. The summed E-state index contributed by atoms with van der Waals surface area (Å²) >= 11 is 1.12. The number of carbonyl (C=O) groups excluding carboxylic acids is 1. The molecule has 1 amide bonds. The summed E-state index contributed by atoms with van der Waals surface area (Å²) in [4.78, 5) is 29.5. The number of benzene rings is 1. The molecule has 2 aromatic heterocycles. The lowest BCUT2D eigenvalue weighted by Crippen LogP contribution is -2.21. The summed E-state index contributed by atoms with van der Waals surface area (Å²) in [6, 6.07) is 6.65. The first-order valence-electron chi connectivity index (χ1n) is 9.45. The molecule has 1 aliphatic heterocycles. The zero-order chi connectivity index (χ0) is 23.0. The van der Waals surface area contributed by atoms with Crippen LogP contribution in [0.4, 0.5) is 5.13 Å². The van der Waals surface area contributed by atoms with Crippen LogP contribution in [-0.2, 0) is 4.79 Å². The van der Waals surface area contributed by atoms with Crippen LogP contribution in [0.1, 0.15) is 18.2 Å². The highest BCUT2D eigenvalue weighted by atomic mass is 32.1. The van der Waals surface area contributed by atoms with Gasteiger partial charge in [0.05, 0.1) is 31.2 Å². The van der Waals surface area contributed by atoms with Crippen LogP contribution in [0.2, 0.25) is 0 Å². The van der Waals surface area contributed by atoms with E-state index in [0.29, 0.717) is 22.8 Å². The van der Waals surface area contributed by atoms with Crippen LogP contribution in [0.15, 0.2) is 49.5 Å². The second-order valence-electron chi connectivity index (χ2n) is 6.89. The SMILES string of the molecule is COc1ccc(/C=C2\C(=O)N(c3nc(-c4c(O)cc(C)oc4=O)cs3)N=C2C)cc1OC. The van der Waals surface area contributed by atoms with Crippen molar-refractivity contribution in [3.8, 4) is 28.5 Å². The van der Waals surface area contributed by atoms with E-state index in [0.717, 1.165) is 16.9 Å². The van der Waals surface area contributed by atoms with E-state index in [9.17, 15) is 14.7 Å². The first-order chi connectivity index (χ1) is 15.3. The molecule has 3 aromatic rings. The van der Waals surface area contributed by atoms with Gasteiger partial charge in [-0.25, -0.2) is 9.78 Å². The quantitative estimate of drug-likeness (QED) is 0.587. The number of rotatable bonds is 5. The van der Waals surface area contributed by atoms with E-state index in [1.165, 1.54) is 18.2 Å². The first kappa shape index (κ1) is 21.3. The number of aromatic hydroxyl groups is 1. The summed E-state index contributed by atoms with van der Waals surface area (Å²) in [5.41, 5.74) is 1.08. The molecule has 10 heteroatoms. The van der Waals surface area contributed by atoms with Crippen LogP contribution in [0.25, 0.3) is 17.3 Å². The van der Waals surface area contributed by atoms with Crippen LogP contribution >= 0.6 is 11.3 Å². The van der Waals surface area contributed by atoms with E-state index in [1.807, 2.05) is 0 Å². The van der Waals surface area contributed by atoms with Crippen LogP contribution in [0.3, 0.4) is 0 Å². The van der Waals surface area contributed by atoms with Crippen LogP contribution in [-0.4, -0.2) is 35.9 Å². The molecule has 0 fully saturated rings. The summed E-state index contributed by atoms with van der Waals surface area (Å²) in [5.74, 6) is 0.806. The second-order valence-corrected chi connectivity index (χ2v) is 7.73. The number of aromatic nitrogens is 1. The topological polar surface area (TPSA) is 114 Å².